The van der Waals surface area contributed by atoms with E-state index in [1.165, 1.54) is 14.2 Å². The first-order valence-electron chi connectivity index (χ1n) is 5.32. The summed E-state index contributed by atoms with van der Waals surface area (Å²) in [6.45, 7) is 1.96. The topological polar surface area (TPSA) is 59.3 Å². The molecule has 0 saturated carbocycles. The van der Waals surface area contributed by atoms with Gasteiger partial charge in [-0.3, -0.25) is 4.79 Å². The highest BCUT2D eigenvalue weighted by molar-refractivity contribution is 5.73. The van der Waals surface area contributed by atoms with Crippen LogP contribution in [0.2, 0.25) is 0 Å². The third kappa shape index (κ3) is 2.97. The van der Waals surface area contributed by atoms with Crippen LogP contribution < -0.4 is 4.74 Å². The quantitative estimate of drug-likeness (QED) is 0.744. The minimum Gasteiger partial charge on any atom is -0.496 e. The lowest BCUT2D eigenvalue weighted by Gasteiger charge is -2.11. The molecule has 0 N–H and O–H groups in total. The molecule has 0 amide bonds. The molecule has 0 bridgehead atoms. The predicted molar refractivity (Wildman–Crippen MR) is 62.8 cm³/mol. The van der Waals surface area contributed by atoms with Crippen molar-refractivity contribution in [1.82, 2.24) is 0 Å². The third-order valence-electron chi connectivity index (χ3n) is 2.57. The van der Waals surface area contributed by atoms with Crippen LogP contribution in [0.1, 0.15) is 23.6 Å². The molecule has 90 valence electrons. The lowest BCUT2D eigenvalue weighted by molar-refractivity contribution is -0.139. The van der Waals surface area contributed by atoms with Crippen molar-refractivity contribution in [3.8, 4) is 11.8 Å². The second-order valence-electron chi connectivity index (χ2n) is 3.54. The van der Waals surface area contributed by atoms with E-state index in [2.05, 4.69) is 10.8 Å². The van der Waals surface area contributed by atoms with Crippen molar-refractivity contribution in [3.63, 3.8) is 0 Å². The summed E-state index contributed by atoms with van der Waals surface area (Å²) in [6, 6.07) is 5.61. The van der Waals surface area contributed by atoms with Crippen molar-refractivity contribution in [2.24, 2.45) is 0 Å². The number of carbonyl (C=O) groups excluding carboxylic acids is 1. The molecule has 0 aliphatic carbocycles. The minimum absolute atomic E-state index is 0.151. The standard InChI is InChI=1S/C13H15NO3/c1-4-9-5-10(7-13(15)17-3)12(16-2)6-11(9)8-14/h5-6H,4,7H2,1-3H3. The lowest BCUT2D eigenvalue weighted by atomic mass is 10.00. The molecule has 4 nitrogen and oxygen atoms in total. The van der Waals surface area contributed by atoms with E-state index in [4.69, 9.17) is 10.00 Å². The summed E-state index contributed by atoms with van der Waals surface area (Å²) in [5.74, 6) is 0.221. The zero-order valence-electron chi connectivity index (χ0n) is 10.2. The monoisotopic (exact) mass is 233 g/mol. The number of nitrogens with zero attached hydrogens (tertiary/aromatic N) is 1. The van der Waals surface area contributed by atoms with E-state index in [-0.39, 0.29) is 12.4 Å². The molecule has 0 heterocycles. The van der Waals surface area contributed by atoms with Gasteiger partial charge in [-0.25, -0.2) is 0 Å². The maximum Gasteiger partial charge on any atom is 0.310 e. The first-order valence-corrected chi connectivity index (χ1v) is 5.32. The van der Waals surface area contributed by atoms with Crippen LogP contribution in [0.25, 0.3) is 0 Å². The Balaban J connectivity index is 3.20. The van der Waals surface area contributed by atoms with Crippen LogP contribution in [-0.4, -0.2) is 20.2 Å². The number of rotatable bonds is 4. The Morgan fingerprint density at radius 1 is 1.35 bits per heavy atom. The number of carbonyl (C=O) groups is 1. The average molecular weight is 233 g/mol. The molecule has 0 aliphatic rings. The van der Waals surface area contributed by atoms with Crippen molar-refractivity contribution in [3.05, 3.63) is 28.8 Å². The van der Waals surface area contributed by atoms with Crippen LogP contribution in [-0.2, 0) is 22.4 Å². The van der Waals surface area contributed by atoms with Crippen LogP contribution in [0, 0.1) is 11.3 Å². The van der Waals surface area contributed by atoms with Crippen molar-refractivity contribution in [2.75, 3.05) is 14.2 Å². The van der Waals surface area contributed by atoms with Crippen LogP contribution in [0.5, 0.6) is 5.75 Å². The molecular weight excluding hydrogens is 218 g/mol. The number of ether oxygens (including phenoxy) is 2. The fourth-order valence-corrected chi connectivity index (χ4v) is 1.63. The van der Waals surface area contributed by atoms with E-state index in [0.717, 1.165) is 17.5 Å². The number of esters is 1. The summed E-state index contributed by atoms with van der Waals surface area (Å²) in [5.41, 5.74) is 2.24. The number of benzene rings is 1. The molecule has 0 saturated heterocycles. The summed E-state index contributed by atoms with van der Waals surface area (Å²) >= 11 is 0. The van der Waals surface area contributed by atoms with E-state index in [0.29, 0.717) is 11.3 Å². The van der Waals surface area contributed by atoms with Gasteiger partial charge in [-0.2, -0.15) is 5.26 Å². The van der Waals surface area contributed by atoms with Gasteiger partial charge in [-0.15, -0.1) is 0 Å². The van der Waals surface area contributed by atoms with Crippen molar-refractivity contribution in [1.29, 1.82) is 5.26 Å². The summed E-state index contributed by atoms with van der Waals surface area (Å²) in [6.07, 6.45) is 0.888. The van der Waals surface area contributed by atoms with Gasteiger partial charge in [-0.05, 0) is 18.1 Å². The Bertz CT molecular complexity index is 460. The van der Waals surface area contributed by atoms with E-state index in [1.54, 1.807) is 6.07 Å². The molecule has 0 unspecified atom stereocenters. The number of hydrogen-bond donors (Lipinski definition) is 0. The molecule has 0 radical (unpaired) electrons. The van der Waals surface area contributed by atoms with E-state index < -0.39 is 0 Å². The van der Waals surface area contributed by atoms with Gasteiger partial charge in [0.25, 0.3) is 0 Å². The summed E-state index contributed by atoms with van der Waals surface area (Å²) < 4.78 is 9.80. The molecular formula is C13H15NO3. The third-order valence-corrected chi connectivity index (χ3v) is 2.57. The average Bonchev–Trinajstić information content (AvgIpc) is 2.37. The molecule has 1 aromatic carbocycles. The highest BCUT2D eigenvalue weighted by Crippen LogP contribution is 2.24. The zero-order chi connectivity index (χ0) is 12.8. The number of aryl methyl sites for hydroxylation is 1. The second kappa shape index (κ2) is 5.90. The van der Waals surface area contributed by atoms with E-state index in [1.807, 2.05) is 13.0 Å². The van der Waals surface area contributed by atoms with Crippen molar-refractivity contribution >= 4 is 5.97 Å². The molecule has 1 aromatic rings. The molecule has 17 heavy (non-hydrogen) atoms. The van der Waals surface area contributed by atoms with Crippen molar-refractivity contribution in [2.45, 2.75) is 19.8 Å². The Labute approximate surface area is 101 Å². The predicted octanol–water partition coefficient (Wildman–Crippen LogP) is 1.84. The number of methoxy groups -OCH3 is 2. The highest BCUT2D eigenvalue weighted by Gasteiger charge is 2.12. The van der Waals surface area contributed by atoms with Crippen LogP contribution in [0.3, 0.4) is 0 Å². The highest BCUT2D eigenvalue weighted by atomic mass is 16.5. The second-order valence-corrected chi connectivity index (χ2v) is 3.54. The first-order chi connectivity index (χ1) is 8.15. The van der Waals surface area contributed by atoms with Gasteiger partial charge in [0, 0.05) is 5.56 Å². The summed E-state index contributed by atoms with van der Waals surface area (Å²) in [7, 11) is 2.86. The molecule has 0 aliphatic heterocycles. The Kier molecular flexibility index (Phi) is 4.53. The molecule has 1 rings (SSSR count). The maximum absolute atomic E-state index is 11.3. The van der Waals surface area contributed by atoms with E-state index >= 15 is 0 Å². The van der Waals surface area contributed by atoms with Crippen molar-refractivity contribution < 1.29 is 14.3 Å². The Morgan fingerprint density at radius 3 is 2.53 bits per heavy atom. The first kappa shape index (κ1) is 13.0. The molecule has 0 fully saturated rings. The van der Waals surface area contributed by atoms with Gasteiger partial charge in [0.2, 0.25) is 0 Å². The summed E-state index contributed by atoms with van der Waals surface area (Å²) in [5, 5.41) is 8.99. The van der Waals surface area contributed by atoms with Gasteiger partial charge >= 0.3 is 5.97 Å². The number of nitriles is 1. The SMILES string of the molecule is CCc1cc(CC(=O)OC)c(OC)cc1C#N. The smallest absolute Gasteiger partial charge is 0.310 e. The van der Waals surface area contributed by atoms with Gasteiger partial charge in [0.05, 0.1) is 32.3 Å². The number of hydrogen-bond acceptors (Lipinski definition) is 4. The van der Waals surface area contributed by atoms with E-state index in [9.17, 15) is 4.79 Å². The van der Waals surface area contributed by atoms with Crippen LogP contribution in [0.4, 0.5) is 0 Å². The Hall–Kier alpha value is -2.02. The normalized spacial score (nSPS) is 9.53. The largest absolute Gasteiger partial charge is 0.496 e. The Morgan fingerprint density at radius 2 is 2.06 bits per heavy atom. The minimum atomic E-state index is -0.324. The molecule has 0 atom stereocenters. The van der Waals surface area contributed by atoms with Gasteiger partial charge in [0.15, 0.2) is 0 Å². The fraction of sp³-hybridized carbons (Fsp3) is 0.385. The van der Waals surface area contributed by atoms with Crippen LogP contribution in [0.15, 0.2) is 12.1 Å². The molecule has 0 spiro atoms. The maximum atomic E-state index is 11.3. The van der Waals surface area contributed by atoms with Gasteiger partial charge in [0.1, 0.15) is 5.75 Å². The zero-order valence-corrected chi connectivity index (χ0v) is 10.2. The summed E-state index contributed by atoms with van der Waals surface area (Å²) in [4.78, 5) is 11.3. The lowest BCUT2D eigenvalue weighted by Crippen LogP contribution is -2.07. The van der Waals surface area contributed by atoms with Gasteiger partial charge in [-0.1, -0.05) is 13.0 Å². The molecule has 4 heteroatoms. The van der Waals surface area contributed by atoms with Gasteiger partial charge < -0.3 is 9.47 Å². The van der Waals surface area contributed by atoms with Crippen LogP contribution >= 0.6 is 0 Å². The molecule has 0 aromatic heterocycles. The fourth-order valence-electron chi connectivity index (χ4n) is 1.63.